The molecule has 2 aromatic carbocycles. The van der Waals surface area contributed by atoms with Crippen LogP contribution in [-0.4, -0.2) is 41.9 Å². The summed E-state index contributed by atoms with van der Waals surface area (Å²) in [4.78, 5) is 17.3. The first-order valence-electron chi connectivity index (χ1n) is 9.29. The van der Waals surface area contributed by atoms with Crippen molar-refractivity contribution in [3.63, 3.8) is 0 Å². The third-order valence-corrected chi connectivity index (χ3v) is 5.55. The zero-order valence-electron chi connectivity index (χ0n) is 14.3. The zero-order valence-corrected chi connectivity index (χ0v) is 14.3. The Morgan fingerprint density at radius 1 is 0.958 bits per heavy atom. The number of piperidine rings is 1. The van der Waals surface area contributed by atoms with Crippen LogP contribution in [0.15, 0.2) is 42.5 Å². The van der Waals surface area contributed by atoms with E-state index < -0.39 is 0 Å². The fourth-order valence-corrected chi connectivity index (χ4v) is 4.27. The van der Waals surface area contributed by atoms with Gasteiger partial charge in [-0.1, -0.05) is 42.5 Å². The molecule has 3 heteroatoms. The molecular formula is C21H26N2O. The zero-order chi connectivity index (χ0) is 16.4. The van der Waals surface area contributed by atoms with Gasteiger partial charge < -0.3 is 4.90 Å². The molecule has 3 nitrogen and oxygen atoms in total. The predicted molar refractivity (Wildman–Crippen MR) is 97.8 cm³/mol. The van der Waals surface area contributed by atoms with Crippen LogP contribution in [0.1, 0.15) is 31.2 Å². The topological polar surface area (TPSA) is 23.6 Å². The normalized spacial score (nSPS) is 22.2. The summed E-state index contributed by atoms with van der Waals surface area (Å²) in [5.41, 5.74) is 1.38. The quantitative estimate of drug-likeness (QED) is 0.861. The highest BCUT2D eigenvalue weighted by Gasteiger charge is 2.30. The number of nitrogens with zero attached hydrogens (tertiary/aromatic N) is 2. The molecule has 4 rings (SSSR count). The van der Waals surface area contributed by atoms with Crippen LogP contribution in [0.25, 0.3) is 10.8 Å². The molecule has 0 N–H and O–H groups in total. The second-order valence-electron chi connectivity index (χ2n) is 7.24. The monoisotopic (exact) mass is 322 g/mol. The Hall–Kier alpha value is -1.87. The van der Waals surface area contributed by atoms with E-state index in [1.165, 1.54) is 29.2 Å². The van der Waals surface area contributed by atoms with Gasteiger partial charge in [-0.15, -0.1) is 0 Å². The van der Waals surface area contributed by atoms with Crippen molar-refractivity contribution in [3.05, 3.63) is 48.0 Å². The maximum atomic E-state index is 12.7. The molecule has 2 aliphatic rings. The Kier molecular flexibility index (Phi) is 4.52. The molecule has 0 spiro atoms. The number of fused-ring (bicyclic) bond motifs is 1. The van der Waals surface area contributed by atoms with Crippen molar-refractivity contribution < 1.29 is 4.79 Å². The molecule has 24 heavy (non-hydrogen) atoms. The standard InChI is InChI=1S/C21H26N2O/c24-21(23-13-3-4-14-23)19-10-6-12-22(16-19)15-18-9-5-8-17-7-1-2-11-20(17)18/h1-2,5,7-9,11,19H,3-4,6,10,12-16H2/t19-/m0/s1. The first-order valence-corrected chi connectivity index (χ1v) is 9.29. The highest BCUT2D eigenvalue weighted by atomic mass is 16.2. The van der Waals surface area contributed by atoms with Crippen LogP contribution in [-0.2, 0) is 11.3 Å². The van der Waals surface area contributed by atoms with Gasteiger partial charge in [0.25, 0.3) is 0 Å². The molecule has 2 aliphatic heterocycles. The predicted octanol–water partition coefficient (Wildman–Crippen LogP) is 3.67. The van der Waals surface area contributed by atoms with Crippen molar-refractivity contribution in [2.45, 2.75) is 32.2 Å². The Labute approximate surface area is 144 Å². The first-order chi connectivity index (χ1) is 11.8. The van der Waals surface area contributed by atoms with E-state index in [2.05, 4.69) is 52.3 Å². The SMILES string of the molecule is O=C([C@H]1CCCN(Cc2cccc3ccccc23)C1)N1CCCC1. The molecule has 1 atom stereocenters. The van der Waals surface area contributed by atoms with Gasteiger partial charge in [-0.05, 0) is 48.6 Å². The van der Waals surface area contributed by atoms with E-state index in [1.54, 1.807) is 0 Å². The van der Waals surface area contributed by atoms with Gasteiger partial charge in [0.15, 0.2) is 0 Å². The average molecular weight is 322 g/mol. The van der Waals surface area contributed by atoms with Crippen LogP contribution in [0.2, 0.25) is 0 Å². The van der Waals surface area contributed by atoms with E-state index >= 15 is 0 Å². The Balaban J connectivity index is 1.47. The van der Waals surface area contributed by atoms with Crippen molar-refractivity contribution in [2.24, 2.45) is 5.92 Å². The maximum Gasteiger partial charge on any atom is 0.226 e. The molecule has 2 heterocycles. The number of hydrogen-bond donors (Lipinski definition) is 0. The molecule has 126 valence electrons. The van der Waals surface area contributed by atoms with Crippen molar-refractivity contribution >= 4 is 16.7 Å². The summed E-state index contributed by atoms with van der Waals surface area (Å²) in [6.07, 6.45) is 4.55. The van der Waals surface area contributed by atoms with E-state index in [-0.39, 0.29) is 5.92 Å². The second kappa shape index (κ2) is 6.94. The van der Waals surface area contributed by atoms with E-state index in [1.807, 2.05) is 0 Å². The van der Waals surface area contributed by atoms with Crippen LogP contribution in [0.4, 0.5) is 0 Å². The fourth-order valence-electron chi connectivity index (χ4n) is 4.27. The van der Waals surface area contributed by atoms with Gasteiger partial charge in [0.2, 0.25) is 5.91 Å². The van der Waals surface area contributed by atoms with Crippen LogP contribution in [0, 0.1) is 5.92 Å². The fraction of sp³-hybridized carbons (Fsp3) is 0.476. The van der Waals surface area contributed by atoms with E-state index in [4.69, 9.17) is 0 Å². The number of carbonyl (C=O) groups is 1. The number of likely N-dealkylation sites (tertiary alicyclic amines) is 2. The van der Waals surface area contributed by atoms with Gasteiger partial charge >= 0.3 is 0 Å². The molecule has 0 radical (unpaired) electrons. The Morgan fingerprint density at radius 3 is 2.62 bits per heavy atom. The van der Waals surface area contributed by atoms with Crippen LogP contribution >= 0.6 is 0 Å². The minimum atomic E-state index is 0.201. The third kappa shape index (κ3) is 3.18. The van der Waals surface area contributed by atoms with Crippen LogP contribution in [0.3, 0.4) is 0 Å². The summed E-state index contributed by atoms with van der Waals surface area (Å²) in [6.45, 7) is 4.91. The van der Waals surface area contributed by atoms with Crippen LogP contribution in [0.5, 0.6) is 0 Å². The highest BCUT2D eigenvalue weighted by Crippen LogP contribution is 2.25. The van der Waals surface area contributed by atoms with Crippen molar-refractivity contribution in [1.82, 2.24) is 9.80 Å². The minimum Gasteiger partial charge on any atom is -0.342 e. The van der Waals surface area contributed by atoms with Crippen molar-refractivity contribution in [1.29, 1.82) is 0 Å². The van der Waals surface area contributed by atoms with E-state index in [9.17, 15) is 4.79 Å². The number of benzene rings is 2. The van der Waals surface area contributed by atoms with Gasteiger partial charge in [-0.3, -0.25) is 9.69 Å². The van der Waals surface area contributed by atoms with E-state index in [0.717, 1.165) is 45.6 Å². The summed E-state index contributed by atoms with van der Waals surface area (Å²) in [5, 5.41) is 2.64. The molecule has 0 aliphatic carbocycles. The molecule has 0 bridgehead atoms. The second-order valence-corrected chi connectivity index (χ2v) is 7.24. The van der Waals surface area contributed by atoms with Gasteiger partial charge in [0, 0.05) is 26.2 Å². The Morgan fingerprint density at radius 2 is 1.75 bits per heavy atom. The molecule has 0 saturated carbocycles. The molecule has 2 aromatic rings. The molecule has 2 saturated heterocycles. The molecule has 0 aromatic heterocycles. The summed E-state index contributed by atoms with van der Waals surface area (Å²) in [5.74, 6) is 0.599. The first kappa shape index (κ1) is 15.6. The molecular weight excluding hydrogens is 296 g/mol. The van der Waals surface area contributed by atoms with Gasteiger partial charge in [-0.25, -0.2) is 0 Å². The lowest BCUT2D eigenvalue weighted by Gasteiger charge is -2.34. The summed E-state index contributed by atoms with van der Waals surface area (Å²) < 4.78 is 0. The highest BCUT2D eigenvalue weighted by molar-refractivity contribution is 5.85. The van der Waals surface area contributed by atoms with Crippen LogP contribution < -0.4 is 0 Å². The lowest BCUT2D eigenvalue weighted by Crippen LogP contribution is -2.43. The molecule has 1 amide bonds. The van der Waals surface area contributed by atoms with Gasteiger partial charge in [0.1, 0.15) is 0 Å². The number of amides is 1. The molecule has 0 unspecified atom stereocenters. The largest absolute Gasteiger partial charge is 0.342 e. The maximum absolute atomic E-state index is 12.7. The van der Waals surface area contributed by atoms with Gasteiger partial charge in [-0.2, -0.15) is 0 Å². The number of carbonyl (C=O) groups excluding carboxylic acids is 1. The smallest absolute Gasteiger partial charge is 0.226 e. The Bertz CT molecular complexity index is 715. The van der Waals surface area contributed by atoms with Gasteiger partial charge in [0.05, 0.1) is 5.92 Å². The lowest BCUT2D eigenvalue weighted by molar-refractivity contribution is -0.136. The van der Waals surface area contributed by atoms with E-state index in [0.29, 0.717) is 5.91 Å². The third-order valence-electron chi connectivity index (χ3n) is 5.55. The summed E-state index contributed by atoms with van der Waals surface area (Å²) in [7, 11) is 0. The summed E-state index contributed by atoms with van der Waals surface area (Å²) in [6, 6.07) is 15.1. The lowest BCUT2D eigenvalue weighted by atomic mass is 9.95. The number of hydrogen-bond acceptors (Lipinski definition) is 2. The summed E-state index contributed by atoms with van der Waals surface area (Å²) >= 11 is 0. The average Bonchev–Trinajstić information content (AvgIpc) is 3.16. The van der Waals surface area contributed by atoms with Crippen molar-refractivity contribution in [2.75, 3.05) is 26.2 Å². The van der Waals surface area contributed by atoms with Crippen molar-refractivity contribution in [3.8, 4) is 0 Å². The molecule has 2 fully saturated rings. The number of rotatable bonds is 3. The minimum absolute atomic E-state index is 0.201.